The third-order valence-electron chi connectivity index (χ3n) is 8.42. The maximum Gasteiger partial charge on any atom is 0.228 e. The Hall–Kier alpha value is -3.84. The summed E-state index contributed by atoms with van der Waals surface area (Å²) < 4.78 is 5.26. The Morgan fingerprint density at radius 1 is 0.952 bits per heavy atom. The van der Waals surface area contributed by atoms with E-state index in [1.54, 1.807) is 7.11 Å². The summed E-state index contributed by atoms with van der Waals surface area (Å²) in [5.74, 6) is 1.87. The van der Waals surface area contributed by atoms with Crippen LogP contribution in [0.2, 0.25) is 0 Å². The molecule has 2 amide bonds. The zero-order valence-electron chi connectivity index (χ0n) is 25.0. The molecule has 2 aliphatic rings. The molecular weight excluding hydrogens is 524 g/mol. The first-order valence-corrected chi connectivity index (χ1v) is 15.3. The van der Waals surface area contributed by atoms with E-state index in [9.17, 15) is 9.59 Å². The molecule has 1 saturated heterocycles. The van der Waals surface area contributed by atoms with E-state index in [1.807, 2.05) is 29.2 Å². The van der Waals surface area contributed by atoms with Crippen molar-refractivity contribution in [3.63, 3.8) is 0 Å². The summed E-state index contributed by atoms with van der Waals surface area (Å²) in [7, 11) is 1.64. The van der Waals surface area contributed by atoms with Gasteiger partial charge in [-0.05, 0) is 97.2 Å². The third-order valence-corrected chi connectivity index (χ3v) is 8.42. The predicted octanol–water partition coefficient (Wildman–Crippen LogP) is 5.87. The topological polar surface area (TPSA) is 87.9 Å². The van der Waals surface area contributed by atoms with E-state index in [2.05, 4.69) is 59.6 Å². The molecule has 7 heteroatoms. The van der Waals surface area contributed by atoms with Gasteiger partial charge < -0.3 is 25.6 Å². The Morgan fingerprint density at radius 2 is 1.69 bits per heavy atom. The number of carbonyl (C=O) groups is 2. The molecule has 3 aromatic rings. The van der Waals surface area contributed by atoms with E-state index in [0.717, 1.165) is 84.6 Å². The van der Waals surface area contributed by atoms with Crippen molar-refractivity contribution >= 4 is 23.2 Å². The summed E-state index contributed by atoms with van der Waals surface area (Å²) in [5.41, 5.74) is 11.8. The van der Waals surface area contributed by atoms with Crippen molar-refractivity contribution in [3.05, 3.63) is 77.9 Å². The molecule has 42 heavy (non-hydrogen) atoms. The fourth-order valence-corrected chi connectivity index (χ4v) is 5.67. The van der Waals surface area contributed by atoms with Crippen LogP contribution in [0.5, 0.6) is 5.75 Å². The molecule has 0 atom stereocenters. The minimum absolute atomic E-state index is 0.0492. The Morgan fingerprint density at radius 3 is 2.38 bits per heavy atom. The highest BCUT2D eigenvalue weighted by molar-refractivity contribution is 5.96. The molecule has 2 fully saturated rings. The lowest BCUT2D eigenvalue weighted by Gasteiger charge is -2.33. The molecule has 1 aliphatic heterocycles. The second-order valence-corrected chi connectivity index (χ2v) is 11.9. The van der Waals surface area contributed by atoms with Crippen LogP contribution in [0.4, 0.5) is 11.4 Å². The number of hydrogen-bond donors (Lipinski definition) is 2. The van der Waals surface area contributed by atoms with E-state index in [-0.39, 0.29) is 24.2 Å². The minimum Gasteiger partial charge on any atom is -0.497 e. The van der Waals surface area contributed by atoms with Crippen LogP contribution in [-0.2, 0) is 22.6 Å². The molecule has 0 unspecified atom stereocenters. The Balaban J connectivity index is 1.38. The molecular formula is C35H44N4O3. The number of methoxy groups -OCH3 is 1. The number of hydrogen-bond acceptors (Lipinski definition) is 5. The van der Waals surface area contributed by atoms with Crippen molar-refractivity contribution in [2.75, 3.05) is 43.5 Å². The summed E-state index contributed by atoms with van der Waals surface area (Å²) in [4.78, 5) is 30.5. The Kier molecular flexibility index (Phi) is 9.80. The van der Waals surface area contributed by atoms with Crippen molar-refractivity contribution < 1.29 is 14.3 Å². The van der Waals surface area contributed by atoms with Gasteiger partial charge in [-0.1, -0.05) is 43.3 Å². The van der Waals surface area contributed by atoms with Gasteiger partial charge in [-0.3, -0.25) is 9.59 Å². The standard InChI is InChI=1S/C35H44N4O3/c1-25-15-19-38(20-16-25)33-14-11-30(23-32(33)37-34(40)22-26-7-12-31(42-2)13-8-26)29-6-3-5-27(21-29)24-39(18-4-17-36)35(41)28-9-10-28/h3,5-8,11-14,21,23,25,28H,4,9-10,15-20,22,24,36H2,1-2H3,(H,37,40). The summed E-state index contributed by atoms with van der Waals surface area (Å²) in [6.45, 7) is 6.10. The van der Waals surface area contributed by atoms with Gasteiger partial charge in [0, 0.05) is 32.1 Å². The van der Waals surface area contributed by atoms with Crippen molar-refractivity contribution in [1.29, 1.82) is 0 Å². The number of nitrogens with zero attached hydrogens (tertiary/aromatic N) is 2. The Labute approximate surface area is 250 Å². The van der Waals surface area contributed by atoms with E-state index in [1.165, 1.54) is 0 Å². The molecule has 7 nitrogen and oxygen atoms in total. The average Bonchev–Trinajstić information content (AvgIpc) is 3.86. The number of rotatable bonds is 12. The van der Waals surface area contributed by atoms with Gasteiger partial charge in [-0.15, -0.1) is 0 Å². The zero-order valence-corrected chi connectivity index (χ0v) is 25.0. The number of carbonyl (C=O) groups excluding carboxylic acids is 2. The first kappa shape index (κ1) is 29.6. The fraction of sp³-hybridized carbons (Fsp3) is 0.429. The summed E-state index contributed by atoms with van der Waals surface area (Å²) >= 11 is 0. The second-order valence-electron chi connectivity index (χ2n) is 11.9. The number of nitrogens with one attached hydrogen (secondary N) is 1. The van der Waals surface area contributed by atoms with E-state index in [4.69, 9.17) is 10.5 Å². The van der Waals surface area contributed by atoms with Crippen LogP contribution in [0.15, 0.2) is 66.7 Å². The van der Waals surface area contributed by atoms with Crippen LogP contribution < -0.4 is 20.7 Å². The summed E-state index contributed by atoms with van der Waals surface area (Å²) in [5, 5.41) is 3.23. The lowest BCUT2D eigenvalue weighted by Crippen LogP contribution is -2.33. The highest BCUT2D eigenvalue weighted by atomic mass is 16.5. The number of ether oxygens (including phenoxy) is 1. The normalized spacial score (nSPS) is 15.4. The van der Waals surface area contributed by atoms with Gasteiger partial charge in [0.05, 0.1) is 24.9 Å². The average molecular weight is 569 g/mol. The SMILES string of the molecule is COc1ccc(CC(=O)Nc2cc(-c3cccc(CN(CCCN)C(=O)C4CC4)c3)ccc2N2CCC(C)CC2)cc1. The van der Waals surface area contributed by atoms with Crippen LogP contribution in [0, 0.1) is 11.8 Å². The van der Waals surface area contributed by atoms with Crippen molar-refractivity contribution in [2.24, 2.45) is 17.6 Å². The summed E-state index contributed by atoms with van der Waals surface area (Å²) in [6, 6.07) is 22.4. The van der Waals surface area contributed by atoms with Gasteiger partial charge in [0.1, 0.15) is 5.75 Å². The number of benzene rings is 3. The van der Waals surface area contributed by atoms with Crippen molar-refractivity contribution in [1.82, 2.24) is 4.90 Å². The molecule has 1 heterocycles. The molecule has 0 spiro atoms. The molecule has 1 aliphatic carbocycles. The largest absolute Gasteiger partial charge is 0.497 e. The predicted molar refractivity (Wildman–Crippen MR) is 170 cm³/mol. The van der Waals surface area contributed by atoms with Crippen LogP contribution >= 0.6 is 0 Å². The van der Waals surface area contributed by atoms with Gasteiger partial charge in [0.2, 0.25) is 11.8 Å². The highest BCUT2D eigenvalue weighted by Gasteiger charge is 2.33. The van der Waals surface area contributed by atoms with Gasteiger partial charge >= 0.3 is 0 Å². The van der Waals surface area contributed by atoms with Crippen LogP contribution in [-0.4, -0.2) is 50.0 Å². The van der Waals surface area contributed by atoms with Gasteiger partial charge in [0.15, 0.2) is 0 Å². The van der Waals surface area contributed by atoms with Crippen molar-refractivity contribution in [2.45, 2.75) is 52.0 Å². The highest BCUT2D eigenvalue weighted by Crippen LogP contribution is 2.35. The van der Waals surface area contributed by atoms with Gasteiger partial charge in [0.25, 0.3) is 0 Å². The second kappa shape index (κ2) is 13.9. The monoisotopic (exact) mass is 568 g/mol. The molecule has 0 bridgehead atoms. The molecule has 0 aromatic heterocycles. The fourth-order valence-electron chi connectivity index (χ4n) is 5.67. The number of amides is 2. The van der Waals surface area contributed by atoms with Crippen LogP contribution in [0.25, 0.3) is 11.1 Å². The van der Waals surface area contributed by atoms with E-state index < -0.39 is 0 Å². The maximum absolute atomic E-state index is 13.2. The number of anilines is 2. The molecule has 0 radical (unpaired) electrons. The van der Waals surface area contributed by atoms with Gasteiger partial charge in [-0.25, -0.2) is 0 Å². The van der Waals surface area contributed by atoms with E-state index >= 15 is 0 Å². The molecule has 222 valence electrons. The van der Waals surface area contributed by atoms with E-state index in [0.29, 0.717) is 25.6 Å². The lowest BCUT2D eigenvalue weighted by atomic mass is 9.97. The smallest absolute Gasteiger partial charge is 0.228 e. The zero-order chi connectivity index (χ0) is 29.5. The molecule has 3 N–H and O–H groups in total. The molecule has 5 rings (SSSR count). The van der Waals surface area contributed by atoms with Crippen LogP contribution in [0.3, 0.4) is 0 Å². The number of nitrogens with two attached hydrogens (primary N) is 1. The third kappa shape index (κ3) is 7.71. The van der Waals surface area contributed by atoms with Gasteiger partial charge in [-0.2, -0.15) is 0 Å². The number of piperidine rings is 1. The molecule has 1 saturated carbocycles. The first-order valence-electron chi connectivity index (χ1n) is 15.3. The molecule has 3 aromatic carbocycles. The quantitative estimate of drug-likeness (QED) is 0.286. The first-order chi connectivity index (χ1) is 20.4. The minimum atomic E-state index is -0.0492. The lowest BCUT2D eigenvalue weighted by molar-refractivity contribution is -0.133. The van der Waals surface area contributed by atoms with Crippen molar-refractivity contribution in [3.8, 4) is 16.9 Å². The summed E-state index contributed by atoms with van der Waals surface area (Å²) in [6.07, 6.45) is 5.36. The maximum atomic E-state index is 13.2. The van der Waals surface area contributed by atoms with Crippen LogP contribution in [0.1, 0.15) is 50.2 Å². The Bertz CT molecular complexity index is 1360.